The molecule has 5 fully saturated rings. The van der Waals surface area contributed by atoms with E-state index in [0.29, 0.717) is 27.6 Å². The van der Waals surface area contributed by atoms with Crippen LogP contribution in [0, 0.1) is 50.7 Å². The van der Waals surface area contributed by atoms with Crippen molar-refractivity contribution in [3.05, 3.63) is 12.2 Å². The van der Waals surface area contributed by atoms with Crippen LogP contribution in [-0.4, -0.2) is 21.9 Å². The van der Waals surface area contributed by atoms with Gasteiger partial charge in [-0.2, -0.15) is 0 Å². The van der Waals surface area contributed by atoms with Crippen molar-refractivity contribution in [1.29, 1.82) is 0 Å². The van der Waals surface area contributed by atoms with E-state index in [4.69, 9.17) is 0 Å². The van der Waals surface area contributed by atoms with Gasteiger partial charge in [0.25, 0.3) is 0 Å². The largest absolute Gasteiger partial charge is 0.393 e. The zero-order chi connectivity index (χ0) is 22.7. The molecular weight excluding hydrogens is 380 g/mol. The molecule has 5 saturated carbocycles. The zero-order valence-electron chi connectivity index (χ0n) is 21.3. The summed E-state index contributed by atoms with van der Waals surface area (Å²) in [4.78, 5) is 0. The first-order valence-electron chi connectivity index (χ1n) is 13.3. The summed E-state index contributed by atoms with van der Waals surface area (Å²) in [5, 5.41) is 21.0. The van der Waals surface area contributed by atoms with Gasteiger partial charge in [0.1, 0.15) is 0 Å². The third kappa shape index (κ3) is 2.70. The maximum atomic E-state index is 10.8. The monoisotopic (exact) mass is 428 g/mol. The quantitative estimate of drug-likeness (QED) is 0.488. The number of hydrogen-bond donors (Lipinski definition) is 2. The Morgan fingerprint density at radius 2 is 1.48 bits per heavy atom. The van der Waals surface area contributed by atoms with Gasteiger partial charge in [0, 0.05) is 0 Å². The Morgan fingerprint density at radius 3 is 2.16 bits per heavy atom. The summed E-state index contributed by atoms with van der Waals surface area (Å²) in [6.45, 7) is 16.2. The Labute approximate surface area is 191 Å². The fourth-order valence-corrected chi connectivity index (χ4v) is 10.8. The lowest BCUT2D eigenvalue weighted by Crippen LogP contribution is -2.57. The van der Waals surface area contributed by atoms with E-state index in [1.165, 1.54) is 51.4 Å². The Hall–Kier alpha value is -0.340. The first kappa shape index (κ1) is 22.5. The fourth-order valence-electron chi connectivity index (χ4n) is 10.8. The second-order valence-corrected chi connectivity index (χ2v) is 14.4. The highest BCUT2D eigenvalue weighted by Gasteiger charge is 2.82. The van der Waals surface area contributed by atoms with Crippen LogP contribution in [0.4, 0.5) is 0 Å². The molecule has 0 aliphatic heterocycles. The van der Waals surface area contributed by atoms with E-state index in [1.807, 2.05) is 19.9 Å². The third-order valence-corrected chi connectivity index (χ3v) is 12.6. The normalized spacial score (nSPS) is 54.0. The lowest BCUT2D eigenvalue weighted by Gasteiger charge is -2.63. The minimum atomic E-state index is -0.717. The van der Waals surface area contributed by atoms with E-state index in [0.717, 1.165) is 24.2 Å². The molecule has 2 spiro atoms. The van der Waals surface area contributed by atoms with Crippen LogP contribution in [0.5, 0.6) is 0 Å². The highest BCUT2D eigenvalue weighted by atomic mass is 16.3. The van der Waals surface area contributed by atoms with Gasteiger partial charge in [0.05, 0.1) is 11.7 Å². The van der Waals surface area contributed by atoms with Crippen LogP contribution in [0.3, 0.4) is 0 Å². The lowest BCUT2D eigenvalue weighted by atomic mass is 9.42. The maximum absolute atomic E-state index is 10.8. The van der Waals surface area contributed by atoms with Crippen LogP contribution in [0.2, 0.25) is 0 Å². The van der Waals surface area contributed by atoms with Crippen molar-refractivity contribution in [2.75, 3.05) is 0 Å². The molecule has 0 aromatic carbocycles. The minimum Gasteiger partial charge on any atom is -0.393 e. The molecule has 9 unspecified atom stereocenters. The average Bonchev–Trinajstić information content (AvgIpc) is 3.26. The van der Waals surface area contributed by atoms with Crippen LogP contribution in [-0.2, 0) is 0 Å². The third-order valence-electron chi connectivity index (χ3n) is 12.6. The molecule has 2 nitrogen and oxygen atoms in total. The molecule has 2 N–H and O–H groups in total. The number of aliphatic hydroxyl groups is 2. The molecule has 2 heteroatoms. The van der Waals surface area contributed by atoms with Gasteiger partial charge in [0.15, 0.2) is 0 Å². The maximum Gasteiger partial charge on any atom is 0.0771 e. The Bertz CT molecular complexity index is 776. The van der Waals surface area contributed by atoms with E-state index in [-0.39, 0.29) is 11.5 Å². The molecule has 5 aliphatic carbocycles. The first-order valence-corrected chi connectivity index (χ1v) is 13.3. The Balaban J connectivity index is 1.45. The standard InChI is InChI=1S/C29H48O2/c1-19(10-13-24(2,3)31)20-11-14-27(7)22-9-8-21-25(4,5)23(30)12-15-28(21)18-29(22,28)17-16-26(20,27)6/h10,13,19-23,30-31H,8-9,11-12,14-18H2,1-7H3. The molecule has 31 heavy (non-hydrogen) atoms. The molecular formula is C29H48O2. The van der Waals surface area contributed by atoms with Crippen LogP contribution in [0.15, 0.2) is 12.2 Å². The SMILES string of the molecule is CC(C=CC(C)(C)O)C1CCC2(C)C3CCC4C(C)(C)C(O)CCC45CC35CCC12C. The van der Waals surface area contributed by atoms with Crippen molar-refractivity contribution in [1.82, 2.24) is 0 Å². The van der Waals surface area contributed by atoms with E-state index < -0.39 is 5.60 Å². The summed E-state index contributed by atoms with van der Waals surface area (Å²) in [5.74, 6) is 2.85. The number of aliphatic hydroxyl groups excluding tert-OH is 1. The lowest BCUT2D eigenvalue weighted by molar-refractivity contribution is -0.160. The summed E-state index contributed by atoms with van der Waals surface area (Å²) < 4.78 is 0. The molecule has 0 bridgehead atoms. The number of rotatable bonds is 3. The summed E-state index contributed by atoms with van der Waals surface area (Å²) in [6, 6.07) is 0. The topological polar surface area (TPSA) is 40.5 Å². The minimum absolute atomic E-state index is 0.0863. The van der Waals surface area contributed by atoms with Gasteiger partial charge < -0.3 is 10.2 Å². The van der Waals surface area contributed by atoms with Crippen molar-refractivity contribution >= 4 is 0 Å². The zero-order valence-corrected chi connectivity index (χ0v) is 21.3. The molecule has 0 aromatic rings. The van der Waals surface area contributed by atoms with Crippen molar-refractivity contribution in [2.24, 2.45) is 50.7 Å². The van der Waals surface area contributed by atoms with Crippen molar-refractivity contribution in [3.8, 4) is 0 Å². The van der Waals surface area contributed by atoms with Gasteiger partial charge in [-0.3, -0.25) is 0 Å². The van der Waals surface area contributed by atoms with Crippen molar-refractivity contribution in [3.63, 3.8) is 0 Å². The molecule has 9 atom stereocenters. The summed E-state index contributed by atoms with van der Waals surface area (Å²) in [7, 11) is 0. The van der Waals surface area contributed by atoms with Crippen molar-refractivity contribution < 1.29 is 10.2 Å². The summed E-state index contributed by atoms with van der Waals surface area (Å²) in [6.07, 6.45) is 16.2. The average molecular weight is 429 g/mol. The Morgan fingerprint density at radius 1 is 0.839 bits per heavy atom. The number of allylic oxidation sites excluding steroid dienone is 1. The first-order chi connectivity index (χ1) is 14.2. The number of hydrogen-bond acceptors (Lipinski definition) is 2. The predicted molar refractivity (Wildman–Crippen MR) is 127 cm³/mol. The predicted octanol–water partition coefficient (Wildman–Crippen LogP) is 6.75. The molecule has 0 radical (unpaired) electrons. The molecule has 5 rings (SSSR count). The number of fused-ring (bicyclic) bond motifs is 2. The molecule has 0 saturated heterocycles. The van der Waals surface area contributed by atoms with Crippen LogP contribution in [0.1, 0.15) is 106 Å². The fraction of sp³-hybridized carbons (Fsp3) is 0.931. The summed E-state index contributed by atoms with van der Waals surface area (Å²) >= 11 is 0. The second-order valence-electron chi connectivity index (χ2n) is 14.4. The van der Waals surface area contributed by atoms with Crippen LogP contribution >= 0.6 is 0 Å². The van der Waals surface area contributed by atoms with Crippen LogP contribution in [0.25, 0.3) is 0 Å². The molecule has 0 amide bonds. The molecule has 176 valence electrons. The molecule has 0 heterocycles. The van der Waals surface area contributed by atoms with E-state index in [2.05, 4.69) is 40.7 Å². The molecule has 5 aliphatic rings. The Kier molecular flexibility index (Phi) is 4.64. The smallest absolute Gasteiger partial charge is 0.0771 e. The van der Waals surface area contributed by atoms with Crippen molar-refractivity contribution in [2.45, 2.75) is 118 Å². The van der Waals surface area contributed by atoms with Gasteiger partial charge in [0.2, 0.25) is 0 Å². The van der Waals surface area contributed by atoms with E-state index in [9.17, 15) is 10.2 Å². The van der Waals surface area contributed by atoms with Gasteiger partial charge >= 0.3 is 0 Å². The summed E-state index contributed by atoms with van der Waals surface area (Å²) in [5.41, 5.74) is 1.33. The van der Waals surface area contributed by atoms with Gasteiger partial charge in [-0.15, -0.1) is 0 Å². The van der Waals surface area contributed by atoms with Gasteiger partial charge in [-0.05, 0) is 122 Å². The second kappa shape index (κ2) is 6.41. The highest BCUT2D eigenvalue weighted by Crippen LogP contribution is 2.89. The molecule has 0 aromatic heterocycles. The highest BCUT2D eigenvalue weighted by molar-refractivity contribution is 5.30. The van der Waals surface area contributed by atoms with E-state index >= 15 is 0 Å². The van der Waals surface area contributed by atoms with Crippen LogP contribution < -0.4 is 0 Å². The van der Waals surface area contributed by atoms with E-state index in [1.54, 1.807) is 0 Å². The van der Waals surface area contributed by atoms with Gasteiger partial charge in [-0.1, -0.05) is 46.8 Å². The van der Waals surface area contributed by atoms with Gasteiger partial charge in [-0.25, -0.2) is 0 Å².